The predicted molar refractivity (Wildman–Crippen MR) is 66.0 cm³/mol. The molecule has 1 aromatic rings. The first-order valence-electron chi connectivity index (χ1n) is 5.76. The van der Waals surface area contributed by atoms with Crippen molar-refractivity contribution in [2.45, 2.75) is 27.0 Å². The number of hydrogen-bond donors (Lipinski definition) is 0. The number of methoxy groups -OCH3 is 1. The fraction of sp³-hybridized carbons (Fsp3) is 0.538. The van der Waals surface area contributed by atoms with Gasteiger partial charge in [-0.25, -0.2) is 0 Å². The van der Waals surface area contributed by atoms with Crippen LogP contribution < -0.4 is 9.47 Å². The van der Waals surface area contributed by atoms with Crippen LogP contribution in [0.1, 0.15) is 20.8 Å². The summed E-state index contributed by atoms with van der Waals surface area (Å²) in [5, 5.41) is 0. The zero-order valence-corrected chi connectivity index (χ0v) is 10.6. The van der Waals surface area contributed by atoms with Gasteiger partial charge in [-0.1, -0.05) is 26.0 Å². The van der Waals surface area contributed by atoms with Gasteiger partial charge in [0.05, 0.1) is 7.11 Å². The fourth-order valence-electron chi connectivity index (χ4n) is 1.71. The van der Waals surface area contributed by atoms with Gasteiger partial charge in [-0.05, 0) is 32.1 Å². The Hall–Kier alpha value is -1.22. The largest absolute Gasteiger partial charge is 0.493 e. The molecular formula is C13H21NO2. The Balaban J connectivity index is 2.71. The first-order valence-corrected chi connectivity index (χ1v) is 5.76. The number of hydrogen-bond acceptors (Lipinski definition) is 3. The van der Waals surface area contributed by atoms with Crippen LogP contribution in [0.2, 0.25) is 0 Å². The average Bonchev–Trinajstić information content (AvgIpc) is 2.31. The molecule has 0 amide bonds. The number of para-hydroxylation sites is 2. The van der Waals surface area contributed by atoms with Gasteiger partial charge < -0.3 is 9.47 Å². The SMILES string of the molecule is CCN(CC)C(C)Oc1ccccc1OC. The molecule has 3 nitrogen and oxygen atoms in total. The highest BCUT2D eigenvalue weighted by Crippen LogP contribution is 2.27. The molecule has 1 rings (SSSR count). The van der Waals surface area contributed by atoms with E-state index in [0.29, 0.717) is 0 Å². The second kappa shape index (κ2) is 6.38. The van der Waals surface area contributed by atoms with Crippen LogP contribution in [0.15, 0.2) is 24.3 Å². The van der Waals surface area contributed by atoms with Gasteiger partial charge in [0.25, 0.3) is 0 Å². The summed E-state index contributed by atoms with van der Waals surface area (Å²) >= 11 is 0. The van der Waals surface area contributed by atoms with E-state index in [9.17, 15) is 0 Å². The Labute approximate surface area is 98.0 Å². The van der Waals surface area contributed by atoms with Gasteiger partial charge in [-0.2, -0.15) is 0 Å². The molecule has 1 aromatic carbocycles. The van der Waals surface area contributed by atoms with Crippen molar-refractivity contribution in [3.63, 3.8) is 0 Å². The summed E-state index contributed by atoms with van der Waals surface area (Å²) < 4.78 is 11.1. The van der Waals surface area contributed by atoms with E-state index in [1.807, 2.05) is 24.3 Å². The minimum atomic E-state index is 0.0614. The minimum Gasteiger partial charge on any atom is -0.493 e. The smallest absolute Gasteiger partial charge is 0.163 e. The summed E-state index contributed by atoms with van der Waals surface area (Å²) in [5.41, 5.74) is 0. The third-order valence-corrected chi connectivity index (χ3v) is 2.69. The lowest BCUT2D eigenvalue weighted by molar-refractivity contribution is 0.0458. The van der Waals surface area contributed by atoms with E-state index >= 15 is 0 Å². The number of nitrogens with zero attached hydrogens (tertiary/aromatic N) is 1. The summed E-state index contributed by atoms with van der Waals surface area (Å²) in [6.07, 6.45) is 0.0614. The highest BCUT2D eigenvalue weighted by atomic mass is 16.5. The number of benzene rings is 1. The quantitative estimate of drug-likeness (QED) is 0.692. The van der Waals surface area contributed by atoms with Crippen LogP contribution in [0.5, 0.6) is 11.5 Å². The van der Waals surface area contributed by atoms with Crippen LogP contribution >= 0.6 is 0 Å². The van der Waals surface area contributed by atoms with Crippen molar-refractivity contribution in [3.05, 3.63) is 24.3 Å². The van der Waals surface area contributed by atoms with Gasteiger partial charge in [0.1, 0.15) is 6.23 Å². The second-order valence-electron chi connectivity index (χ2n) is 3.59. The fourth-order valence-corrected chi connectivity index (χ4v) is 1.71. The van der Waals surface area contributed by atoms with Crippen LogP contribution in [0.4, 0.5) is 0 Å². The molecule has 0 radical (unpaired) electrons. The molecule has 0 aliphatic carbocycles. The molecular weight excluding hydrogens is 202 g/mol. The molecule has 0 spiro atoms. The molecule has 1 unspecified atom stereocenters. The maximum absolute atomic E-state index is 5.88. The molecule has 0 aliphatic heterocycles. The third-order valence-electron chi connectivity index (χ3n) is 2.69. The van der Waals surface area contributed by atoms with E-state index in [0.717, 1.165) is 24.6 Å². The monoisotopic (exact) mass is 223 g/mol. The maximum Gasteiger partial charge on any atom is 0.163 e. The molecule has 0 aliphatic rings. The van der Waals surface area contributed by atoms with E-state index in [4.69, 9.17) is 9.47 Å². The summed E-state index contributed by atoms with van der Waals surface area (Å²) in [7, 11) is 1.66. The number of ether oxygens (including phenoxy) is 2. The van der Waals surface area contributed by atoms with Gasteiger partial charge in [0.15, 0.2) is 11.5 Å². The van der Waals surface area contributed by atoms with Crippen LogP contribution in [0, 0.1) is 0 Å². The van der Waals surface area contributed by atoms with Crippen molar-refractivity contribution in [2.75, 3.05) is 20.2 Å². The van der Waals surface area contributed by atoms with Crippen molar-refractivity contribution in [3.8, 4) is 11.5 Å². The van der Waals surface area contributed by atoms with Crippen molar-refractivity contribution in [1.29, 1.82) is 0 Å². The predicted octanol–water partition coefficient (Wildman–Crippen LogP) is 2.76. The first kappa shape index (κ1) is 12.8. The Morgan fingerprint density at radius 1 is 1.12 bits per heavy atom. The highest BCUT2D eigenvalue weighted by molar-refractivity contribution is 5.39. The van der Waals surface area contributed by atoms with E-state index in [1.165, 1.54) is 0 Å². The zero-order valence-electron chi connectivity index (χ0n) is 10.6. The standard InChI is InChI=1S/C13H21NO2/c1-5-14(6-2)11(3)16-13-10-8-7-9-12(13)15-4/h7-11H,5-6H2,1-4H3. The molecule has 0 fully saturated rings. The Bertz CT molecular complexity index is 311. The summed E-state index contributed by atoms with van der Waals surface area (Å²) in [5.74, 6) is 1.57. The zero-order chi connectivity index (χ0) is 12.0. The molecule has 1 atom stereocenters. The molecule has 0 saturated carbocycles. The van der Waals surface area contributed by atoms with E-state index in [-0.39, 0.29) is 6.23 Å². The van der Waals surface area contributed by atoms with Crippen molar-refractivity contribution in [1.82, 2.24) is 4.90 Å². The van der Waals surface area contributed by atoms with E-state index in [1.54, 1.807) is 7.11 Å². The van der Waals surface area contributed by atoms with E-state index < -0.39 is 0 Å². The highest BCUT2D eigenvalue weighted by Gasteiger charge is 2.13. The summed E-state index contributed by atoms with van der Waals surface area (Å²) in [4.78, 5) is 2.24. The first-order chi connectivity index (χ1) is 7.72. The average molecular weight is 223 g/mol. The van der Waals surface area contributed by atoms with E-state index in [2.05, 4.69) is 25.7 Å². The van der Waals surface area contributed by atoms with Crippen LogP contribution in [-0.4, -0.2) is 31.3 Å². The summed E-state index contributed by atoms with van der Waals surface area (Å²) in [6.45, 7) is 8.27. The second-order valence-corrected chi connectivity index (χ2v) is 3.59. The molecule has 3 heteroatoms. The van der Waals surface area contributed by atoms with Gasteiger partial charge >= 0.3 is 0 Å². The molecule has 0 bridgehead atoms. The normalized spacial score (nSPS) is 12.6. The van der Waals surface area contributed by atoms with Gasteiger partial charge in [0, 0.05) is 0 Å². The minimum absolute atomic E-state index is 0.0614. The molecule has 16 heavy (non-hydrogen) atoms. The molecule has 0 saturated heterocycles. The Morgan fingerprint density at radius 2 is 1.69 bits per heavy atom. The lowest BCUT2D eigenvalue weighted by atomic mass is 10.3. The molecule has 0 aromatic heterocycles. The van der Waals surface area contributed by atoms with Crippen LogP contribution in [0.3, 0.4) is 0 Å². The van der Waals surface area contributed by atoms with Gasteiger partial charge in [-0.3, -0.25) is 4.90 Å². The number of rotatable bonds is 6. The van der Waals surface area contributed by atoms with Crippen LogP contribution in [0.25, 0.3) is 0 Å². The topological polar surface area (TPSA) is 21.7 Å². The lowest BCUT2D eigenvalue weighted by Gasteiger charge is -2.27. The summed E-state index contributed by atoms with van der Waals surface area (Å²) in [6, 6.07) is 7.73. The van der Waals surface area contributed by atoms with Gasteiger partial charge in [0.2, 0.25) is 0 Å². The Morgan fingerprint density at radius 3 is 2.19 bits per heavy atom. The van der Waals surface area contributed by atoms with Crippen molar-refractivity contribution < 1.29 is 9.47 Å². The lowest BCUT2D eigenvalue weighted by Crippen LogP contribution is -2.36. The van der Waals surface area contributed by atoms with Gasteiger partial charge in [-0.15, -0.1) is 0 Å². The van der Waals surface area contributed by atoms with Crippen molar-refractivity contribution in [2.24, 2.45) is 0 Å². The van der Waals surface area contributed by atoms with Crippen molar-refractivity contribution >= 4 is 0 Å². The molecule has 90 valence electrons. The Kier molecular flexibility index (Phi) is 5.12. The van der Waals surface area contributed by atoms with Crippen LogP contribution in [-0.2, 0) is 0 Å². The third kappa shape index (κ3) is 3.14. The maximum atomic E-state index is 5.88. The molecule has 0 N–H and O–H groups in total. The molecule has 0 heterocycles.